The van der Waals surface area contributed by atoms with Gasteiger partial charge in [-0.3, -0.25) is 4.98 Å². The average Bonchev–Trinajstić information content (AvgIpc) is 2.47. The van der Waals surface area contributed by atoms with Gasteiger partial charge in [0.05, 0.1) is 7.11 Å². The second kappa shape index (κ2) is 6.68. The zero-order chi connectivity index (χ0) is 13.7. The predicted octanol–water partition coefficient (Wildman–Crippen LogP) is 3.36. The van der Waals surface area contributed by atoms with Crippen LogP contribution in [0.4, 0.5) is 0 Å². The third kappa shape index (κ3) is 3.78. The van der Waals surface area contributed by atoms with E-state index in [-0.39, 0.29) is 6.04 Å². The van der Waals surface area contributed by atoms with Gasteiger partial charge in [-0.15, -0.1) is 0 Å². The van der Waals surface area contributed by atoms with E-state index in [0.717, 1.165) is 22.3 Å². The van der Waals surface area contributed by atoms with Crippen LogP contribution in [0.2, 0.25) is 0 Å². The summed E-state index contributed by atoms with van der Waals surface area (Å²) in [6.07, 6.45) is 2.69. The molecule has 0 bridgehead atoms. The molecule has 0 spiro atoms. The smallest absolute Gasteiger partial charge is 0.118 e. The molecule has 19 heavy (non-hydrogen) atoms. The summed E-state index contributed by atoms with van der Waals surface area (Å²) in [6.45, 7) is 0. The summed E-state index contributed by atoms with van der Waals surface area (Å²) in [5.74, 6) is 0.875. The number of nitrogens with zero attached hydrogens (tertiary/aromatic N) is 1. The van der Waals surface area contributed by atoms with Crippen LogP contribution in [-0.4, -0.2) is 19.1 Å². The van der Waals surface area contributed by atoms with Crippen molar-refractivity contribution < 1.29 is 4.74 Å². The lowest BCUT2D eigenvalue weighted by atomic mass is 10.0. The highest BCUT2D eigenvalue weighted by atomic mass is 79.9. The van der Waals surface area contributed by atoms with Crippen LogP contribution >= 0.6 is 15.9 Å². The van der Waals surface area contributed by atoms with E-state index in [1.54, 1.807) is 7.11 Å². The molecule has 0 radical (unpaired) electrons. The van der Waals surface area contributed by atoms with Crippen LogP contribution in [0, 0.1) is 0 Å². The van der Waals surface area contributed by atoms with E-state index in [1.807, 2.05) is 37.5 Å². The maximum Gasteiger partial charge on any atom is 0.118 e. The van der Waals surface area contributed by atoms with Crippen LogP contribution < -0.4 is 10.1 Å². The Labute approximate surface area is 122 Å². The highest BCUT2D eigenvalue weighted by Gasteiger charge is 2.11. The van der Waals surface area contributed by atoms with Crippen molar-refractivity contribution in [2.24, 2.45) is 0 Å². The van der Waals surface area contributed by atoms with Gasteiger partial charge in [0.15, 0.2) is 0 Å². The molecule has 2 rings (SSSR count). The Morgan fingerprint density at radius 3 is 2.47 bits per heavy atom. The Hall–Kier alpha value is -1.39. The minimum absolute atomic E-state index is 0.250. The molecule has 0 fully saturated rings. The molecular formula is C15H17BrN2O. The van der Waals surface area contributed by atoms with E-state index in [0.29, 0.717) is 0 Å². The molecule has 1 heterocycles. The summed E-state index contributed by atoms with van der Waals surface area (Å²) in [6, 6.07) is 12.4. The van der Waals surface area contributed by atoms with Crippen molar-refractivity contribution in [3.05, 3.63) is 58.3 Å². The Balaban J connectivity index is 2.12. The van der Waals surface area contributed by atoms with Crippen molar-refractivity contribution in [2.45, 2.75) is 12.5 Å². The number of benzene rings is 1. The number of halogens is 1. The van der Waals surface area contributed by atoms with Gasteiger partial charge in [-0.1, -0.05) is 12.1 Å². The summed E-state index contributed by atoms with van der Waals surface area (Å²) in [5.41, 5.74) is 2.30. The van der Waals surface area contributed by atoms with E-state index in [1.165, 1.54) is 5.56 Å². The van der Waals surface area contributed by atoms with Crippen molar-refractivity contribution >= 4 is 15.9 Å². The van der Waals surface area contributed by atoms with Crippen molar-refractivity contribution in [1.29, 1.82) is 0 Å². The average molecular weight is 321 g/mol. The summed E-state index contributed by atoms with van der Waals surface area (Å²) in [5, 5.41) is 3.33. The lowest BCUT2D eigenvalue weighted by molar-refractivity contribution is 0.414. The lowest BCUT2D eigenvalue weighted by Gasteiger charge is -2.16. The molecule has 0 saturated carbocycles. The molecule has 0 amide bonds. The Kier molecular flexibility index (Phi) is 4.93. The van der Waals surface area contributed by atoms with Crippen molar-refractivity contribution in [1.82, 2.24) is 10.3 Å². The number of nitrogens with one attached hydrogen (secondary N) is 1. The van der Waals surface area contributed by atoms with E-state index in [2.05, 4.69) is 38.4 Å². The highest BCUT2D eigenvalue weighted by Crippen LogP contribution is 2.20. The molecule has 0 aliphatic rings. The van der Waals surface area contributed by atoms with Crippen LogP contribution in [0.15, 0.2) is 47.1 Å². The van der Waals surface area contributed by atoms with Crippen LogP contribution in [-0.2, 0) is 6.42 Å². The molecular weight excluding hydrogens is 304 g/mol. The number of hydrogen-bond donors (Lipinski definition) is 1. The number of likely N-dealkylation sites (N-methyl/N-ethyl adjacent to an activating group) is 1. The van der Waals surface area contributed by atoms with Gasteiger partial charge in [0.25, 0.3) is 0 Å². The number of ether oxygens (including phenoxy) is 1. The number of hydrogen-bond acceptors (Lipinski definition) is 3. The second-order valence-electron chi connectivity index (χ2n) is 4.29. The van der Waals surface area contributed by atoms with Gasteiger partial charge in [-0.25, -0.2) is 0 Å². The van der Waals surface area contributed by atoms with Gasteiger partial charge in [0.2, 0.25) is 0 Å². The maximum absolute atomic E-state index is 5.18. The standard InChI is InChI=1S/C15H17BrN2O/c1-17-15(9-13-6-5-12(16)10-18-13)11-3-7-14(19-2)8-4-11/h3-8,10,15,17H,9H2,1-2H3. The molecule has 0 saturated heterocycles. The van der Waals surface area contributed by atoms with Crippen LogP contribution in [0.3, 0.4) is 0 Å². The Bertz CT molecular complexity index is 511. The molecule has 1 N–H and O–H groups in total. The van der Waals surface area contributed by atoms with Gasteiger partial charge in [0.1, 0.15) is 5.75 Å². The summed E-state index contributed by atoms with van der Waals surface area (Å²) < 4.78 is 6.18. The molecule has 1 atom stereocenters. The van der Waals surface area contributed by atoms with Gasteiger partial charge in [-0.2, -0.15) is 0 Å². The van der Waals surface area contributed by atoms with E-state index in [9.17, 15) is 0 Å². The first kappa shape index (κ1) is 14.0. The first-order valence-electron chi connectivity index (χ1n) is 6.14. The van der Waals surface area contributed by atoms with Gasteiger partial charge in [0, 0.05) is 28.8 Å². The van der Waals surface area contributed by atoms with Crippen molar-refractivity contribution in [2.75, 3.05) is 14.2 Å². The van der Waals surface area contributed by atoms with Crippen LogP contribution in [0.5, 0.6) is 5.75 Å². The lowest BCUT2D eigenvalue weighted by Crippen LogP contribution is -2.19. The fourth-order valence-electron chi connectivity index (χ4n) is 1.96. The van der Waals surface area contributed by atoms with Crippen molar-refractivity contribution in [3.8, 4) is 5.75 Å². The van der Waals surface area contributed by atoms with Gasteiger partial charge >= 0.3 is 0 Å². The van der Waals surface area contributed by atoms with Gasteiger partial charge in [-0.05, 0) is 52.8 Å². The summed E-state index contributed by atoms with van der Waals surface area (Å²) >= 11 is 3.40. The maximum atomic E-state index is 5.18. The molecule has 1 aromatic carbocycles. The molecule has 1 aromatic heterocycles. The number of methoxy groups -OCH3 is 1. The fourth-order valence-corrected chi connectivity index (χ4v) is 2.19. The van der Waals surface area contributed by atoms with E-state index < -0.39 is 0 Å². The largest absolute Gasteiger partial charge is 0.497 e. The molecule has 3 nitrogen and oxygen atoms in total. The SMILES string of the molecule is CNC(Cc1ccc(Br)cn1)c1ccc(OC)cc1. The third-order valence-corrected chi connectivity index (χ3v) is 3.54. The fraction of sp³-hybridized carbons (Fsp3) is 0.267. The highest BCUT2D eigenvalue weighted by molar-refractivity contribution is 9.10. The number of rotatable bonds is 5. The van der Waals surface area contributed by atoms with E-state index >= 15 is 0 Å². The Morgan fingerprint density at radius 1 is 1.21 bits per heavy atom. The number of aromatic nitrogens is 1. The summed E-state index contributed by atoms with van der Waals surface area (Å²) in [4.78, 5) is 4.41. The van der Waals surface area contributed by atoms with Crippen LogP contribution in [0.1, 0.15) is 17.3 Å². The minimum Gasteiger partial charge on any atom is -0.497 e. The van der Waals surface area contributed by atoms with E-state index in [4.69, 9.17) is 4.74 Å². The molecule has 100 valence electrons. The topological polar surface area (TPSA) is 34.2 Å². The first-order chi connectivity index (χ1) is 9.22. The van der Waals surface area contributed by atoms with Crippen molar-refractivity contribution in [3.63, 3.8) is 0 Å². The molecule has 4 heteroatoms. The summed E-state index contributed by atoms with van der Waals surface area (Å²) in [7, 11) is 3.64. The zero-order valence-corrected chi connectivity index (χ0v) is 12.6. The molecule has 0 aliphatic carbocycles. The first-order valence-corrected chi connectivity index (χ1v) is 6.94. The van der Waals surface area contributed by atoms with Gasteiger partial charge < -0.3 is 10.1 Å². The van der Waals surface area contributed by atoms with Crippen LogP contribution in [0.25, 0.3) is 0 Å². The molecule has 2 aromatic rings. The molecule has 1 unspecified atom stereocenters. The predicted molar refractivity (Wildman–Crippen MR) is 80.4 cm³/mol. The number of pyridine rings is 1. The Morgan fingerprint density at radius 2 is 1.95 bits per heavy atom. The molecule has 0 aliphatic heterocycles. The minimum atomic E-state index is 0.250. The normalized spacial score (nSPS) is 12.2. The zero-order valence-electron chi connectivity index (χ0n) is 11.1. The third-order valence-electron chi connectivity index (χ3n) is 3.07. The monoisotopic (exact) mass is 320 g/mol. The second-order valence-corrected chi connectivity index (χ2v) is 5.20. The quantitative estimate of drug-likeness (QED) is 0.917.